The summed E-state index contributed by atoms with van der Waals surface area (Å²) in [6, 6.07) is 5.35. The Bertz CT molecular complexity index is 447. The summed E-state index contributed by atoms with van der Waals surface area (Å²) in [7, 11) is 0. The largest absolute Gasteiger partial charge is 0.396 e. The lowest BCUT2D eigenvalue weighted by Gasteiger charge is -2.36. The van der Waals surface area contributed by atoms with E-state index in [2.05, 4.69) is 6.07 Å². The molecule has 0 unspecified atom stereocenters. The number of nitrogens with zero attached hydrogens (tertiary/aromatic N) is 1. The van der Waals surface area contributed by atoms with Gasteiger partial charge in [-0.1, -0.05) is 17.7 Å². The lowest BCUT2D eigenvalue weighted by molar-refractivity contribution is 0.323. The van der Waals surface area contributed by atoms with Gasteiger partial charge in [-0.2, -0.15) is 5.26 Å². The monoisotopic (exact) mass is 224 g/mol. The van der Waals surface area contributed by atoms with Gasteiger partial charge in [0.05, 0.1) is 22.2 Å². The minimum atomic E-state index is -0.615. The highest BCUT2D eigenvalue weighted by Crippen LogP contribution is 2.46. The normalized spacial score (nSPS) is 17.9. The number of nitrogen functional groups attached to an aromatic ring is 1. The van der Waals surface area contributed by atoms with Crippen LogP contribution in [0.25, 0.3) is 0 Å². The number of benzene rings is 1. The molecule has 0 radical (unpaired) electrons. The molecule has 0 atom stereocenters. The van der Waals surface area contributed by atoms with E-state index in [0.717, 1.165) is 19.3 Å². The zero-order valence-corrected chi connectivity index (χ0v) is 8.81. The summed E-state index contributed by atoms with van der Waals surface area (Å²) in [6.07, 6.45) is 2.47. The molecule has 1 aromatic rings. The highest BCUT2D eigenvalue weighted by atomic mass is 35.5. The van der Waals surface area contributed by atoms with Crippen LogP contribution in [0.5, 0.6) is 0 Å². The summed E-state index contributed by atoms with van der Waals surface area (Å²) in [5.41, 5.74) is 5.40. The van der Waals surface area contributed by atoms with E-state index in [1.54, 1.807) is 6.07 Å². The maximum Gasteiger partial charge on any atom is 0.164 e. The first kappa shape index (κ1) is 10.3. The molecule has 2 rings (SSSR count). The second-order valence-corrected chi connectivity index (χ2v) is 4.26. The van der Waals surface area contributed by atoms with E-state index in [1.807, 2.05) is 0 Å². The summed E-state index contributed by atoms with van der Waals surface area (Å²) < 4.78 is 13.5. The van der Waals surface area contributed by atoms with E-state index in [4.69, 9.17) is 22.6 Å². The first-order valence-corrected chi connectivity index (χ1v) is 5.14. The molecule has 0 spiro atoms. The van der Waals surface area contributed by atoms with E-state index in [0.29, 0.717) is 5.56 Å². The van der Waals surface area contributed by atoms with Crippen molar-refractivity contribution in [3.63, 3.8) is 0 Å². The Morgan fingerprint density at radius 1 is 1.47 bits per heavy atom. The van der Waals surface area contributed by atoms with E-state index < -0.39 is 11.2 Å². The predicted molar refractivity (Wildman–Crippen MR) is 57.0 cm³/mol. The smallest absolute Gasteiger partial charge is 0.164 e. The summed E-state index contributed by atoms with van der Waals surface area (Å²) in [4.78, 5) is 0. The van der Waals surface area contributed by atoms with Crippen molar-refractivity contribution in [1.29, 1.82) is 5.26 Å². The average molecular weight is 225 g/mol. The first-order chi connectivity index (χ1) is 7.10. The summed E-state index contributed by atoms with van der Waals surface area (Å²) >= 11 is 5.87. The van der Waals surface area contributed by atoms with Crippen molar-refractivity contribution in [2.45, 2.75) is 24.7 Å². The number of nitrogens with two attached hydrogens (primary N) is 1. The second-order valence-electron chi connectivity index (χ2n) is 3.88. The maximum atomic E-state index is 13.5. The highest BCUT2D eigenvalue weighted by Gasteiger charge is 2.41. The number of hydrogen-bond donors (Lipinski definition) is 1. The quantitative estimate of drug-likeness (QED) is 0.746. The van der Waals surface area contributed by atoms with E-state index in [1.165, 1.54) is 6.07 Å². The Morgan fingerprint density at radius 2 is 2.13 bits per heavy atom. The molecule has 1 aromatic carbocycles. The van der Waals surface area contributed by atoms with Crippen LogP contribution in [0.3, 0.4) is 0 Å². The van der Waals surface area contributed by atoms with Gasteiger partial charge in [0, 0.05) is 0 Å². The maximum absolute atomic E-state index is 13.5. The molecule has 0 saturated heterocycles. The first-order valence-electron chi connectivity index (χ1n) is 4.76. The summed E-state index contributed by atoms with van der Waals surface area (Å²) in [6.45, 7) is 0. The molecule has 0 aliphatic heterocycles. The van der Waals surface area contributed by atoms with E-state index in [9.17, 15) is 4.39 Å². The average Bonchev–Trinajstić information content (AvgIpc) is 2.17. The number of hydrogen-bond acceptors (Lipinski definition) is 2. The van der Waals surface area contributed by atoms with Crippen molar-refractivity contribution in [1.82, 2.24) is 0 Å². The number of nitriles is 1. The van der Waals surface area contributed by atoms with Crippen LogP contribution in [-0.4, -0.2) is 0 Å². The van der Waals surface area contributed by atoms with Gasteiger partial charge in [0.25, 0.3) is 0 Å². The fourth-order valence-corrected chi connectivity index (χ4v) is 2.26. The molecule has 2 nitrogen and oxygen atoms in total. The molecular weight excluding hydrogens is 215 g/mol. The van der Waals surface area contributed by atoms with Crippen LogP contribution < -0.4 is 5.73 Å². The van der Waals surface area contributed by atoms with Gasteiger partial charge in [-0.05, 0) is 30.9 Å². The molecule has 0 bridgehead atoms. The van der Waals surface area contributed by atoms with Gasteiger partial charge in [-0.3, -0.25) is 0 Å². The Labute approximate surface area is 92.5 Å². The summed E-state index contributed by atoms with van der Waals surface area (Å²) in [5.74, 6) is -0.615. The van der Waals surface area contributed by atoms with Crippen LogP contribution in [0, 0.1) is 17.1 Å². The van der Waals surface area contributed by atoms with Crippen LogP contribution in [0.2, 0.25) is 5.02 Å². The van der Waals surface area contributed by atoms with Gasteiger partial charge < -0.3 is 5.73 Å². The lowest BCUT2D eigenvalue weighted by Crippen LogP contribution is -2.32. The number of halogens is 2. The molecule has 1 aliphatic rings. The molecule has 2 N–H and O–H groups in total. The van der Waals surface area contributed by atoms with Crippen molar-refractivity contribution in [2.24, 2.45) is 0 Å². The molecule has 0 amide bonds. The Kier molecular flexibility index (Phi) is 2.32. The van der Waals surface area contributed by atoms with Crippen molar-refractivity contribution < 1.29 is 4.39 Å². The highest BCUT2D eigenvalue weighted by molar-refractivity contribution is 6.32. The molecule has 1 aliphatic carbocycles. The van der Waals surface area contributed by atoms with Gasteiger partial charge in [-0.15, -0.1) is 0 Å². The summed E-state index contributed by atoms with van der Waals surface area (Å²) in [5, 5.41) is 9.11. The Balaban J connectivity index is 2.55. The van der Waals surface area contributed by atoms with Crippen LogP contribution in [0.4, 0.5) is 10.1 Å². The Hall–Kier alpha value is -1.27. The van der Waals surface area contributed by atoms with Crippen molar-refractivity contribution in [3.8, 4) is 6.07 Å². The van der Waals surface area contributed by atoms with Gasteiger partial charge in [0.1, 0.15) is 0 Å². The van der Waals surface area contributed by atoms with Gasteiger partial charge in [-0.25, -0.2) is 4.39 Å². The standard InChI is InChI=1S/C11H10ClFN2/c12-9-7(2-3-8(15)10(9)13)11(6-14)4-1-5-11/h2-3H,1,4-5,15H2. The zero-order chi connectivity index (χ0) is 11.1. The van der Waals surface area contributed by atoms with Crippen molar-refractivity contribution in [2.75, 3.05) is 5.73 Å². The third-order valence-corrected chi connectivity index (χ3v) is 3.42. The third-order valence-electron chi connectivity index (χ3n) is 3.05. The molecule has 0 aromatic heterocycles. The minimum absolute atomic E-state index is 0.00347. The topological polar surface area (TPSA) is 49.8 Å². The number of anilines is 1. The molecule has 78 valence electrons. The predicted octanol–water partition coefficient (Wildman–Crippen LogP) is 3.01. The lowest BCUT2D eigenvalue weighted by atomic mass is 9.65. The van der Waals surface area contributed by atoms with E-state index in [-0.39, 0.29) is 10.7 Å². The van der Waals surface area contributed by atoms with Gasteiger partial charge in [0.15, 0.2) is 5.82 Å². The van der Waals surface area contributed by atoms with Crippen LogP contribution in [0.1, 0.15) is 24.8 Å². The van der Waals surface area contributed by atoms with Crippen LogP contribution in [0.15, 0.2) is 12.1 Å². The van der Waals surface area contributed by atoms with Gasteiger partial charge >= 0.3 is 0 Å². The van der Waals surface area contributed by atoms with Crippen molar-refractivity contribution >= 4 is 17.3 Å². The third kappa shape index (κ3) is 1.37. The van der Waals surface area contributed by atoms with Crippen LogP contribution in [-0.2, 0) is 5.41 Å². The molecular formula is C11H10ClFN2. The molecule has 1 fully saturated rings. The number of rotatable bonds is 1. The molecule has 0 heterocycles. The van der Waals surface area contributed by atoms with E-state index >= 15 is 0 Å². The van der Waals surface area contributed by atoms with Crippen LogP contribution >= 0.6 is 11.6 Å². The SMILES string of the molecule is N#CC1(c2ccc(N)c(F)c2Cl)CCC1. The molecule has 4 heteroatoms. The van der Waals surface area contributed by atoms with Gasteiger partial charge in [0.2, 0.25) is 0 Å². The fourth-order valence-electron chi connectivity index (χ4n) is 1.91. The van der Waals surface area contributed by atoms with Crippen molar-refractivity contribution in [3.05, 3.63) is 28.5 Å². The minimum Gasteiger partial charge on any atom is -0.396 e. The fraction of sp³-hybridized carbons (Fsp3) is 0.364. The molecule has 1 saturated carbocycles. The Morgan fingerprint density at radius 3 is 2.60 bits per heavy atom. The zero-order valence-electron chi connectivity index (χ0n) is 8.06. The second kappa shape index (κ2) is 3.39. The molecule has 15 heavy (non-hydrogen) atoms.